The molecule has 0 aromatic heterocycles. The van der Waals surface area contributed by atoms with Gasteiger partial charge in [-0.2, -0.15) is 0 Å². The lowest BCUT2D eigenvalue weighted by atomic mass is 10.1. The van der Waals surface area contributed by atoms with Gasteiger partial charge in [0, 0.05) is 44.2 Å². The van der Waals surface area contributed by atoms with Crippen molar-refractivity contribution in [1.29, 1.82) is 0 Å². The Morgan fingerprint density at radius 1 is 1.16 bits per heavy atom. The lowest BCUT2D eigenvalue weighted by molar-refractivity contribution is 0.0644. The summed E-state index contributed by atoms with van der Waals surface area (Å²) in [5, 5.41) is 0. The molecule has 1 aromatic rings. The Hall–Kier alpha value is -1.06. The van der Waals surface area contributed by atoms with Crippen molar-refractivity contribution >= 4 is 17.5 Å². The molecule has 1 fully saturated rings. The molecule has 1 amide bonds. The van der Waals surface area contributed by atoms with Crippen molar-refractivity contribution in [2.75, 3.05) is 38.6 Å². The van der Waals surface area contributed by atoms with Gasteiger partial charge < -0.3 is 4.90 Å². The average molecular weight is 281 g/mol. The minimum Gasteiger partial charge on any atom is -0.336 e. The molecule has 0 radical (unpaired) electrons. The monoisotopic (exact) mass is 280 g/mol. The zero-order valence-electron chi connectivity index (χ0n) is 11.7. The standard InChI is InChI=1S/C15H21ClN2O/c1-12-3-4-14(11-13(12)2)15(19)18-9-7-17(6-5-16)8-10-18/h3-4,11H,5-10H2,1-2H3. The third kappa shape index (κ3) is 3.48. The Morgan fingerprint density at radius 3 is 2.42 bits per heavy atom. The van der Waals surface area contributed by atoms with Crippen LogP contribution in [-0.2, 0) is 0 Å². The minimum absolute atomic E-state index is 0.147. The molecule has 1 heterocycles. The van der Waals surface area contributed by atoms with E-state index < -0.39 is 0 Å². The smallest absolute Gasteiger partial charge is 0.253 e. The third-order valence-electron chi connectivity index (χ3n) is 3.81. The Balaban J connectivity index is 1.99. The molecule has 19 heavy (non-hydrogen) atoms. The highest BCUT2D eigenvalue weighted by atomic mass is 35.5. The van der Waals surface area contributed by atoms with E-state index >= 15 is 0 Å². The van der Waals surface area contributed by atoms with E-state index in [0.29, 0.717) is 5.88 Å². The second kappa shape index (κ2) is 6.40. The maximum Gasteiger partial charge on any atom is 0.253 e. The number of nitrogens with zero attached hydrogens (tertiary/aromatic N) is 2. The first-order chi connectivity index (χ1) is 9.11. The van der Waals surface area contributed by atoms with Gasteiger partial charge in [0.25, 0.3) is 5.91 Å². The maximum atomic E-state index is 12.4. The second-order valence-corrected chi connectivity index (χ2v) is 5.50. The van der Waals surface area contributed by atoms with Crippen LogP contribution in [0.15, 0.2) is 18.2 Å². The van der Waals surface area contributed by atoms with Crippen molar-refractivity contribution < 1.29 is 4.79 Å². The largest absolute Gasteiger partial charge is 0.336 e. The van der Waals surface area contributed by atoms with Gasteiger partial charge in [-0.15, -0.1) is 11.6 Å². The highest BCUT2D eigenvalue weighted by Crippen LogP contribution is 2.13. The van der Waals surface area contributed by atoms with E-state index in [-0.39, 0.29) is 5.91 Å². The van der Waals surface area contributed by atoms with Crippen LogP contribution in [0.5, 0.6) is 0 Å². The molecule has 0 spiro atoms. The molecule has 1 saturated heterocycles. The van der Waals surface area contributed by atoms with Gasteiger partial charge in [-0.05, 0) is 37.1 Å². The molecule has 4 heteroatoms. The summed E-state index contributed by atoms with van der Waals surface area (Å²) >= 11 is 5.74. The van der Waals surface area contributed by atoms with Gasteiger partial charge in [0.2, 0.25) is 0 Å². The minimum atomic E-state index is 0.147. The molecule has 0 aliphatic carbocycles. The van der Waals surface area contributed by atoms with E-state index in [1.807, 2.05) is 30.0 Å². The number of amides is 1. The van der Waals surface area contributed by atoms with Gasteiger partial charge in [-0.25, -0.2) is 0 Å². The van der Waals surface area contributed by atoms with Crippen LogP contribution in [0.1, 0.15) is 21.5 Å². The first kappa shape index (κ1) is 14.4. The first-order valence-corrected chi connectivity index (χ1v) is 7.30. The fraction of sp³-hybridized carbons (Fsp3) is 0.533. The first-order valence-electron chi connectivity index (χ1n) is 6.76. The second-order valence-electron chi connectivity index (χ2n) is 5.12. The fourth-order valence-electron chi connectivity index (χ4n) is 2.35. The number of benzene rings is 1. The fourth-order valence-corrected chi connectivity index (χ4v) is 2.59. The van der Waals surface area contributed by atoms with Gasteiger partial charge in [-0.1, -0.05) is 6.07 Å². The predicted molar refractivity (Wildman–Crippen MR) is 79.0 cm³/mol. The Labute approximate surface area is 120 Å². The summed E-state index contributed by atoms with van der Waals surface area (Å²) in [6.07, 6.45) is 0. The molecule has 1 aromatic carbocycles. The van der Waals surface area contributed by atoms with Crippen molar-refractivity contribution in [2.24, 2.45) is 0 Å². The van der Waals surface area contributed by atoms with Crippen LogP contribution in [0.3, 0.4) is 0 Å². The third-order valence-corrected chi connectivity index (χ3v) is 3.98. The van der Waals surface area contributed by atoms with Gasteiger partial charge >= 0.3 is 0 Å². The van der Waals surface area contributed by atoms with Crippen LogP contribution in [0.4, 0.5) is 0 Å². The molecular weight excluding hydrogens is 260 g/mol. The van der Waals surface area contributed by atoms with Gasteiger partial charge in [-0.3, -0.25) is 9.69 Å². The maximum absolute atomic E-state index is 12.4. The number of hydrogen-bond donors (Lipinski definition) is 0. The summed E-state index contributed by atoms with van der Waals surface area (Å²) in [6.45, 7) is 8.45. The highest BCUT2D eigenvalue weighted by molar-refractivity contribution is 6.18. The molecule has 0 atom stereocenters. The molecular formula is C15H21ClN2O. The normalized spacial score (nSPS) is 16.7. The van der Waals surface area contributed by atoms with E-state index in [2.05, 4.69) is 11.8 Å². The lowest BCUT2D eigenvalue weighted by Gasteiger charge is -2.34. The van der Waals surface area contributed by atoms with E-state index in [9.17, 15) is 4.79 Å². The molecule has 0 bridgehead atoms. The highest BCUT2D eigenvalue weighted by Gasteiger charge is 2.21. The topological polar surface area (TPSA) is 23.6 Å². The number of carbonyl (C=O) groups is 1. The van der Waals surface area contributed by atoms with Crippen LogP contribution >= 0.6 is 11.6 Å². The van der Waals surface area contributed by atoms with E-state index in [1.165, 1.54) is 11.1 Å². The molecule has 0 unspecified atom stereocenters. The Morgan fingerprint density at radius 2 is 1.84 bits per heavy atom. The molecule has 2 rings (SSSR count). The van der Waals surface area contributed by atoms with Crippen molar-refractivity contribution in [2.45, 2.75) is 13.8 Å². The van der Waals surface area contributed by atoms with E-state index in [0.717, 1.165) is 38.3 Å². The number of hydrogen-bond acceptors (Lipinski definition) is 2. The summed E-state index contributed by atoms with van der Waals surface area (Å²) in [5.41, 5.74) is 3.20. The molecule has 3 nitrogen and oxygen atoms in total. The predicted octanol–water partition coefficient (Wildman–Crippen LogP) is 2.30. The van der Waals surface area contributed by atoms with Crippen molar-refractivity contribution in [3.63, 3.8) is 0 Å². The zero-order valence-corrected chi connectivity index (χ0v) is 12.4. The van der Waals surface area contributed by atoms with Crippen molar-refractivity contribution in [1.82, 2.24) is 9.80 Å². The van der Waals surface area contributed by atoms with Crippen LogP contribution in [0.2, 0.25) is 0 Å². The number of carbonyl (C=O) groups excluding carboxylic acids is 1. The molecule has 1 aliphatic rings. The Kier molecular flexibility index (Phi) is 4.83. The number of alkyl halides is 1. The molecule has 0 N–H and O–H groups in total. The quantitative estimate of drug-likeness (QED) is 0.793. The summed E-state index contributed by atoms with van der Waals surface area (Å²) in [6, 6.07) is 5.94. The number of rotatable bonds is 3. The summed E-state index contributed by atoms with van der Waals surface area (Å²) in [5.74, 6) is 0.805. The number of piperazine rings is 1. The number of aryl methyl sites for hydroxylation is 2. The summed E-state index contributed by atoms with van der Waals surface area (Å²) < 4.78 is 0. The zero-order chi connectivity index (χ0) is 13.8. The van der Waals surface area contributed by atoms with E-state index in [4.69, 9.17) is 11.6 Å². The summed E-state index contributed by atoms with van der Waals surface area (Å²) in [7, 11) is 0. The van der Waals surface area contributed by atoms with Gasteiger partial charge in [0.05, 0.1) is 0 Å². The molecule has 0 saturated carbocycles. The van der Waals surface area contributed by atoms with Crippen molar-refractivity contribution in [3.8, 4) is 0 Å². The SMILES string of the molecule is Cc1ccc(C(=O)N2CCN(CCCl)CC2)cc1C. The van der Waals surface area contributed by atoms with Crippen LogP contribution in [0.25, 0.3) is 0 Å². The van der Waals surface area contributed by atoms with Crippen LogP contribution in [-0.4, -0.2) is 54.3 Å². The van der Waals surface area contributed by atoms with Crippen LogP contribution in [0, 0.1) is 13.8 Å². The van der Waals surface area contributed by atoms with Gasteiger partial charge in [0.15, 0.2) is 0 Å². The number of halogens is 1. The van der Waals surface area contributed by atoms with E-state index in [1.54, 1.807) is 0 Å². The van der Waals surface area contributed by atoms with Crippen LogP contribution < -0.4 is 0 Å². The molecule has 104 valence electrons. The Bertz CT molecular complexity index is 453. The molecule has 1 aliphatic heterocycles. The van der Waals surface area contributed by atoms with Crippen molar-refractivity contribution in [3.05, 3.63) is 34.9 Å². The average Bonchev–Trinajstić information content (AvgIpc) is 2.42. The van der Waals surface area contributed by atoms with Gasteiger partial charge in [0.1, 0.15) is 0 Å². The summed E-state index contributed by atoms with van der Waals surface area (Å²) in [4.78, 5) is 16.7. The lowest BCUT2D eigenvalue weighted by Crippen LogP contribution is -2.49.